The molecule has 0 fully saturated rings. The number of thiophene rings is 1. The summed E-state index contributed by atoms with van der Waals surface area (Å²) >= 11 is 1.64. The van der Waals surface area contributed by atoms with Crippen LogP contribution >= 0.6 is 11.3 Å². The van der Waals surface area contributed by atoms with Crippen molar-refractivity contribution in [1.82, 2.24) is 10.1 Å². The Hall–Kier alpha value is -1.95. The molecule has 0 amide bonds. The van der Waals surface area contributed by atoms with Crippen LogP contribution < -0.4 is 0 Å². The van der Waals surface area contributed by atoms with Gasteiger partial charge in [0.05, 0.1) is 10.6 Å². The van der Waals surface area contributed by atoms with Crippen molar-refractivity contribution in [2.75, 3.05) is 13.7 Å². The lowest BCUT2D eigenvalue weighted by atomic mass is 10.0. The molecule has 3 aromatic rings. The number of aliphatic hydroxyl groups is 1. The number of nitrogens with zero attached hydrogens (tertiary/aromatic N) is 2. The summed E-state index contributed by atoms with van der Waals surface area (Å²) in [6.07, 6.45) is 0.691. The first-order valence-corrected chi connectivity index (χ1v) is 8.51. The molecule has 0 radical (unpaired) electrons. The topological polar surface area (TPSA) is 49.5 Å². The van der Waals surface area contributed by atoms with E-state index in [-0.39, 0.29) is 12.6 Å². The molecule has 1 atom stereocenters. The summed E-state index contributed by atoms with van der Waals surface area (Å²) in [6.45, 7) is 0.831. The zero-order valence-corrected chi connectivity index (χ0v) is 13.9. The molecule has 0 bridgehead atoms. The first kappa shape index (κ1) is 15.9. The second-order valence-corrected chi connectivity index (χ2v) is 6.46. The van der Waals surface area contributed by atoms with Crippen LogP contribution in [-0.2, 0) is 6.54 Å². The maximum atomic E-state index is 9.38. The molecule has 5 heteroatoms. The Morgan fingerprint density at radius 2 is 2.04 bits per heavy atom. The zero-order valence-electron chi connectivity index (χ0n) is 13.1. The summed E-state index contributed by atoms with van der Waals surface area (Å²) in [6, 6.07) is 16.4. The molecule has 4 nitrogen and oxygen atoms in total. The Morgan fingerprint density at radius 1 is 1.22 bits per heavy atom. The second-order valence-electron chi connectivity index (χ2n) is 5.51. The lowest BCUT2D eigenvalue weighted by Crippen LogP contribution is -2.25. The number of benzene rings is 1. The van der Waals surface area contributed by atoms with Gasteiger partial charge in [-0.1, -0.05) is 41.6 Å². The second kappa shape index (κ2) is 7.55. The predicted octanol–water partition coefficient (Wildman–Crippen LogP) is 3.96. The van der Waals surface area contributed by atoms with E-state index in [1.165, 1.54) is 5.56 Å². The summed E-state index contributed by atoms with van der Waals surface area (Å²) in [5.74, 6) is 0.807. The summed E-state index contributed by atoms with van der Waals surface area (Å²) in [4.78, 5) is 3.28. The largest absolute Gasteiger partial charge is 0.396 e. The van der Waals surface area contributed by atoms with Crippen LogP contribution in [0.3, 0.4) is 0 Å². The Morgan fingerprint density at radius 3 is 2.74 bits per heavy atom. The van der Waals surface area contributed by atoms with Gasteiger partial charge in [-0.05, 0) is 30.5 Å². The number of hydrogen-bond donors (Lipinski definition) is 1. The van der Waals surface area contributed by atoms with Gasteiger partial charge < -0.3 is 9.63 Å². The lowest BCUT2D eigenvalue weighted by Gasteiger charge is -2.27. The van der Waals surface area contributed by atoms with Crippen LogP contribution in [0.4, 0.5) is 0 Å². The first-order chi connectivity index (χ1) is 11.3. The van der Waals surface area contributed by atoms with Crippen LogP contribution in [0.5, 0.6) is 0 Å². The Labute approximate surface area is 140 Å². The van der Waals surface area contributed by atoms with Crippen molar-refractivity contribution in [2.45, 2.75) is 19.0 Å². The van der Waals surface area contributed by atoms with Crippen molar-refractivity contribution in [3.8, 4) is 10.6 Å². The molecular formula is C18H20N2O2S. The van der Waals surface area contributed by atoms with Gasteiger partial charge in [0, 0.05) is 25.3 Å². The molecule has 2 aromatic heterocycles. The number of aliphatic hydroxyl groups excluding tert-OH is 1. The van der Waals surface area contributed by atoms with Gasteiger partial charge in [-0.3, -0.25) is 4.90 Å². The standard InChI is InChI=1S/C18H20N2O2S/c1-20(16(9-10-21)14-6-3-2-4-7-14)13-15-12-17(22-19-15)18-8-5-11-23-18/h2-8,11-12,16,21H,9-10,13H2,1H3. The molecule has 1 aromatic carbocycles. The summed E-state index contributed by atoms with van der Waals surface area (Å²) in [7, 11) is 2.05. The molecule has 120 valence electrons. The van der Waals surface area contributed by atoms with Gasteiger partial charge in [-0.25, -0.2) is 0 Å². The highest BCUT2D eigenvalue weighted by Gasteiger charge is 2.18. The predicted molar refractivity (Wildman–Crippen MR) is 92.2 cm³/mol. The van der Waals surface area contributed by atoms with Crippen LogP contribution in [0.2, 0.25) is 0 Å². The Balaban J connectivity index is 1.73. The molecule has 1 N–H and O–H groups in total. The van der Waals surface area contributed by atoms with E-state index in [9.17, 15) is 5.11 Å². The third-order valence-corrected chi connectivity index (χ3v) is 4.74. The van der Waals surface area contributed by atoms with Crippen molar-refractivity contribution in [1.29, 1.82) is 0 Å². The lowest BCUT2D eigenvalue weighted by molar-refractivity contribution is 0.177. The highest BCUT2D eigenvalue weighted by Crippen LogP contribution is 2.27. The van der Waals surface area contributed by atoms with Crippen molar-refractivity contribution in [3.63, 3.8) is 0 Å². The molecule has 0 saturated carbocycles. The summed E-state index contributed by atoms with van der Waals surface area (Å²) in [5.41, 5.74) is 2.10. The average Bonchev–Trinajstić information content (AvgIpc) is 3.24. The average molecular weight is 328 g/mol. The maximum absolute atomic E-state index is 9.38. The van der Waals surface area contributed by atoms with E-state index in [1.54, 1.807) is 11.3 Å². The van der Waals surface area contributed by atoms with E-state index in [2.05, 4.69) is 22.2 Å². The Bertz CT molecular complexity index is 710. The summed E-state index contributed by atoms with van der Waals surface area (Å²) < 4.78 is 5.44. The van der Waals surface area contributed by atoms with Crippen LogP contribution in [-0.4, -0.2) is 28.8 Å². The van der Waals surface area contributed by atoms with E-state index in [0.29, 0.717) is 13.0 Å². The highest BCUT2D eigenvalue weighted by molar-refractivity contribution is 7.13. The van der Waals surface area contributed by atoms with Gasteiger partial charge in [0.1, 0.15) is 0 Å². The minimum Gasteiger partial charge on any atom is -0.396 e. The van der Waals surface area contributed by atoms with Gasteiger partial charge in [0.15, 0.2) is 5.76 Å². The van der Waals surface area contributed by atoms with Crippen molar-refractivity contribution >= 4 is 11.3 Å². The van der Waals surface area contributed by atoms with E-state index in [0.717, 1.165) is 16.3 Å². The third-order valence-electron chi connectivity index (χ3n) is 3.85. The number of rotatable bonds is 7. The van der Waals surface area contributed by atoms with Crippen molar-refractivity contribution in [2.24, 2.45) is 0 Å². The smallest absolute Gasteiger partial charge is 0.177 e. The first-order valence-electron chi connectivity index (χ1n) is 7.63. The molecule has 2 heterocycles. The molecule has 0 saturated heterocycles. The van der Waals surface area contributed by atoms with Gasteiger partial charge in [0.25, 0.3) is 0 Å². The number of aromatic nitrogens is 1. The minimum absolute atomic E-state index is 0.156. The quantitative estimate of drug-likeness (QED) is 0.713. The van der Waals surface area contributed by atoms with E-state index < -0.39 is 0 Å². The van der Waals surface area contributed by atoms with Gasteiger partial charge in [0.2, 0.25) is 0 Å². The molecule has 0 aliphatic rings. The molecule has 0 spiro atoms. The molecular weight excluding hydrogens is 308 g/mol. The van der Waals surface area contributed by atoms with Gasteiger partial charge >= 0.3 is 0 Å². The number of hydrogen-bond acceptors (Lipinski definition) is 5. The fourth-order valence-corrected chi connectivity index (χ4v) is 3.40. The van der Waals surface area contributed by atoms with Crippen LogP contribution in [0.25, 0.3) is 10.6 Å². The van der Waals surface area contributed by atoms with E-state index in [1.807, 2.05) is 48.8 Å². The van der Waals surface area contributed by atoms with Crippen molar-refractivity contribution in [3.05, 3.63) is 65.2 Å². The third kappa shape index (κ3) is 3.88. The van der Waals surface area contributed by atoms with Crippen LogP contribution in [0.15, 0.2) is 58.4 Å². The van der Waals surface area contributed by atoms with Gasteiger partial charge in [-0.2, -0.15) is 0 Å². The van der Waals surface area contributed by atoms with E-state index >= 15 is 0 Å². The zero-order chi connectivity index (χ0) is 16.1. The fourth-order valence-electron chi connectivity index (χ4n) is 2.73. The van der Waals surface area contributed by atoms with Crippen LogP contribution in [0.1, 0.15) is 23.7 Å². The molecule has 0 aliphatic heterocycles. The SMILES string of the molecule is CN(Cc1cc(-c2cccs2)on1)C(CCO)c1ccccc1. The van der Waals surface area contributed by atoms with Crippen LogP contribution in [0, 0.1) is 0 Å². The maximum Gasteiger partial charge on any atom is 0.177 e. The molecule has 1 unspecified atom stereocenters. The Kier molecular flexibility index (Phi) is 5.23. The normalized spacial score (nSPS) is 12.7. The summed E-state index contributed by atoms with van der Waals surface area (Å²) in [5, 5.41) is 15.6. The monoisotopic (exact) mass is 328 g/mol. The van der Waals surface area contributed by atoms with Gasteiger partial charge in [-0.15, -0.1) is 11.3 Å². The fraction of sp³-hybridized carbons (Fsp3) is 0.278. The van der Waals surface area contributed by atoms with Crippen molar-refractivity contribution < 1.29 is 9.63 Å². The molecule has 3 rings (SSSR count). The van der Waals surface area contributed by atoms with E-state index in [4.69, 9.17) is 4.52 Å². The molecule has 0 aliphatic carbocycles. The molecule has 23 heavy (non-hydrogen) atoms. The highest BCUT2D eigenvalue weighted by atomic mass is 32.1. The minimum atomic E-state index is 0.156.